The smallest absolute Gasteiger partial charge is 0.0898 e. The Kier molecular flexibility index (Phi) is 5.19. The van der Waals surface area contributed by atoms with Crippen LogP contribution in [-0.4, -0.2) is 30.0 Å². The molecule has 3 heteroatoms. The molecule has 0 heterocycles. The second-order valence-corrected chi connectivity index (χ2v) is 6.71. The summed E-state index contributed by atoms with van der Waals surface area (Å²) in [5.74, 6) is 0.716. The lowest BCUT2D eigenvalue weighted by Crippen LogP contribution is -2.36. The standard InChI is InChI=1S/C17H27NO2/c1-17(2,3)20-12-15(19)11-18-16(14-9-10-14)13-7-5-4-6-8-13/h4-8,14-16,18-19H,9-12H2,1-3H3. The fourth-order valence-electron chi connectivity index (χ4n) is 2.31. The minimum absolute atomic E-state index is 0.198. The summed E-state index contributed by atoms with van der Waals surface area (Å²) in [5, 5.41) is 13.5. The molecule has 20 heavy (non-hydrogen) atoms. The lowest BCUT2D eigenvalue weighted by atomic mass is 10.0. The number of nitrogens with one attached hydrogen (secondary N) is 1. The van der Waals surface area contributed by atoms with Crippen molar-refractivity contribution in [3.8, 4) is 0 Å². The average Bonchev–Trinajstić information content (AvgIpc) is 3.22. The molecule has 2 atom stereocenters. The summed E-state index contributed by atoms with van der Waals surface area (Å²) in [7, 11) is 0. The van der Waals surface area contributed by atoms with Gasteiger partial charge in [-0.05, 0) is 45.1 Å². The number of rotatable bonds is 7. The normalized spacial score (nSPS) is 18.8. The van der Waals surface area contributed by atoms with Crippen LogP contribution in [0, 0.1) is 5.92 Å². The van der Waals surface area contributed by atoms with Gasteiger partial charge < -0.3 is 15.2 Å². The minimum atomic E-state index is -0.459. The molecule has 2 unspecified atom stereocenters. The Morgan fingerprint density at radius 1 is 1.25 bits per heavy atom. The molecule has 2 N–H and O–H groups in total. The minimum Gasteiger partial charge on any atom is -0.389 e. The molecule has 0 radical (unpaired) electrons. The van der Waals surface area contributed by atoms with E-state index in [2.05, 4.69) is 29.6 Å². The van der Waals surface area contributed by atoms with Gasteiger partial charge in [0.25, 0.3) is 0 Å². The first-order valence-electron chi connectivity index (χ1n) is 7.56. The SMILES string of the molecule is CC(C)(C)OCC(O)CNC(c1ccccc1)C1CC1. The van der Waals surface area contributed by atoms with E-state index in [9.17, 15) is 5.11 Å². The highest BCUT2D eigenvalue weighted by Gasteiger charge is 2.32. The molecule has 1 fully saturated rings. The van der Waals surface area contributed by atoms with Gasteiger partial charge in [0.2, 0.25) is 0 Å². The average molecular weight is 277 g/mol. The number of hydrogen-bond donors (Lipinski definition) is 2. The van der Waals surface area contributed by atoms with Gasteiger partial charge in [-0.25, -0.2) is 0 Å². The van der Waals surface area contributed by atoms with Crippen LogP contribution in [0.5, 0.6) is 0 Å². The van der Waals surface area contributed by atoms with Crippen LogP contribution in [0.3, 0.4) is 0 Å². The Labute approximate surface area is 122 Å². The van der Waals surface area contributed by atoms with E-state index in [0.717, 1.165) is 0 Å². The Hall–Kier alpha value is -0.900. The van der Waals surface area contributed by atoms with Gasteiger partial charge in [-0.3, -0.25) is 0 Å². The number of hydrogen-bond acceptors (Lipinski definition) is 3. The van der Waals surface area contributed by atoms with Crippen molar-refractivity contribution in [2.24, 2.45) is 5.92 Å². The molecule has 1 saturated carbocycles. The highest BCUT2D eigenvalue weighted by molar-refractivity contribution is 5.21. The number of aliphatic hydroxyl groups excluding tert-OH is 1. The Balaban J connectivity index is 1.81. The van der Waals surface area contributed by atoms with Gasteiger partial charge in [0, 0.05) is 12.6 Å². The molecular formula is C17H27NO2. The maximum Gasteiger partial charge on any atom is 0.0898 e. The molecule has 112 valence electrons. The van der Waals surface area contributed by atoms with E-state index < -0.39 is 6.10 Å². The van der Waals surface area contributed by atoms with Gasteiger partial charge in [0.05, 0.1) is 18.3 Å². The highest BCUT2D eigenvalue weighted by atomic mass is 16.5. The third-order valence-corrected chi connectivity index (χ3v) is 3.53. The lowest BCUT2D eigenvalue weighted by Gasteiger charge is -2.24. The van der Waals surface area contributed by atoms with Crippen LogP contribution in [-0.2, 0) is 4.74 Å². The van der Waals surface area contributed by atoms with Crippen LogP contribution in [0.1, 0.15) is 45.2 Å². The number of ether oxygens (including phenoxy) is 1. The first-order chi connectivity index (χ1) is 9.46. The van der Waals surface area contributed by atoms with Crippen LogP contribution in [0.25, 0.3) is 0 Å². The molecule has 0 aliphatic heterocycles. The van der Waals surface area contributed by atoms with Crippen molar-refractivity contribution in [3.63, 3.8) is 0 Å². The van der Waals surface area contributed by atoms with E-state index in [1.807, 2.05) is 26.8 Å². The lowest BCUT2D eigenvalue weighted by molar-refractivity contribution is -0.0485. The van der Waals surface area contributed by atoms with Crippen molar-refractivity contribution in [1.29, 1.82) is 0 Å². The van der Waals surface area contributed by atoms with Gasteiger partial charge >= 0.3 is 0 Å². The summed E-state index contributed by atoms with van der Waals surface area (Å²) in [4.78, 5) is 0. The topological polar surface area (TPSA) is 41.5 Å². The van der Waals surface area contributed by atoms with Gasteiger partial charge in [-0.2, -0.15) is 0 Å². The molecule has 1 aromatic carbocycles. The van der Waals surface area contributed by atoms with Crippen molar-refractivity contribution in [2.45, 2.75) is 51.4 Å². The molecule has 1 aliphatic rings. The fraction of sp³-hybridized carbons (Fsp3) is 0.647. The Morgan fingerprint density at radius 2 is 1.90 bits per heavy atom. The van der Waals surface area contributed by atoms with E-state index >= 15 is 0 Å². The summed E-state index contributed by atoms with van der Waals surface area (Å²) in [6, 6.07) is 10.9. The van der Waals surface area contributed by atoms with Crippen molar-refractivity contribution >= 4 is 0 Å². The van der Waals surface area contributed by atoms with Crippen LogP contribution >= 0.6 is 0 Å². The second kappa shape index (κ2) is 6.70. The summed E-state index contributed by atoms with van der Waals surface area (Å²) < 4.78 is 5.62. The fourth-order valence-corrected chi connectivity index (χ4v) is 2.31. The predicted molar refractivity (Wildman–Crippen MR) is 81.6 cm³/mol. The molecule has 0 amide bonds. The summed E-state index contributed by atoms with van der Waals surface area (Å²) in [6.45, 7) is 6.97. The molecule has 0 saturated heterocycles. The predicted octanol–water partition coefficient (Wildman–Crippen LogP) is 2.90. The van der Waals surface area contributed by atoms with Crippen molar-refractivity contribution in [1.82, 2.24) is 5.32 Å². The molecule has 0 spiro atoms. The third-order valence-electron chi connectivity index (χ3n) is 3.53. The van der Waals surface area contributed by atoms with Gasteiger partial charge in [0.15, 0.2) is 0 Å². The molecule has 1 aliphatic carbocycles. The zero-order valence-corrected chi connectivity index (χ0v) is 12.8. The maximum absolute atomic E-state index is 10.0. The first-order valence-corrected chi connectivity index (χ1v) is 7.56. The number of aliphatic hydroxyl groups is 1. The van der Waals surface area contributed by atoms with Gasteiger partial charge in [0.1, 0.15) is 0 Å². The summed E-state index contributed by atoms with van der Waals surface area (Å²) in [5.41, 5.74) is 1.12. The van der Waals surface area contributed by atoms with Crippen molar-refractivity contribution < 1.29 is 9.84 Å². The first kappa shape index (κ1) is 15.5. The Bertz CT molecular complexity index is 395. The Morgan fingerprint density at radius 3 is 2.45 bits per heavy atom. The molecular weight excluding hydrogens is 250 g/mol. The van der Waals surface area contributed by atoms with Gasteiger partial charge in [-0.1, -0.05) is 30.3 Å². The molecule has 0 bridgehead atoms. The molecule has 0 aromatic heterocycles. The number of benzene rings is 1. The maximum atomic E-state index is 10.0. The third kappa shape index (κ3) is 5.23. The molecule has 3 nitrogen and oxygen atoms in total. The van der Waals surface area contributed by atoms with Crippen LogP contribution < -0.4 is 5.32 Å². The van der Waals surface area contributed by atoms with E-state index in [1.165, 1.54) is 18.4 Å². The van der Waals surface area contributed by atoms with Crippen molar-refractivity contribution in [3.05, 3.63) is 35.9 Å². The quantitative estimate of drug-likeness (QED) is 0.805. The highest BCUT2D eigenvalue weighted by Crippen LogP contribution is 2.40. The van der Waals surface area contributed by atoms with Crippen LogP contribution in [0.15, 0.2) is 30.3 Å². The van der Waals surface area contributed by atoms with Crippen LogP contribution in [0.2, 0.25) is 0 Å². The van der Waals surface area contributed by atoms with Crippen molar-refractivity contribution in [2.75, 3.05) is 13.2 Å². The van der Waals surface area contributed by atoms with E-state index in [4.69, 9.17) is 4.74 Å². The van der Waals surface area contributed by atoms with E-state index in [0.29, 0.717) is 25.1 Å². The van der Waals surface area contributed by atoms with E-state index in [1.54, 1.807) is 0 Å². The zero-order chi connectivity index (χ0) is 14.6. The monoisotopic (exact) mass is 277 g/mol. The largest absolute Gasteiger partial charge is 0.389 e. The summed E-state index contributed by atoms with van der Waals surface area (Å²) in [6.07, 6.45) is 2.10. The second-order valence-electron chi connectivity index (χ2n) is 6.71. The van der Waals surface area contributed by atoms with Gasteiger partial charge in [-0.15, -0.1) is 0 Å². The van der Waals surface area contributed by atoms with Crippen LogP contribution in [0.4, 0.5) is 0 Å². The summed E-state index contributed by atoms with van der Waals surface area (Å²) >= 11 is 0. The van der Waals surface area contributed by atoms with E-state index in [-0.39, 0.29) is 5.60 Å². The zero-order valence-electron chi connectivity index (χ0n) is 12.8. The molecule has 2 rings (SSSR count). The molecule has 1 aromatic rings.